The summed E-state index contributed by atoms with van der Waals surface area (Å²) in [6.07, 6.45) is 2.48. The van der Waals surface area contributed by atoms with Gasteiger partial charge in [-0.3, -0.25) is 0 Å². The van der Waals surface area contributed by atoms with E-state index in [1.165, 1.54) is 0 Å². The van der Waals surface area contributed by atoms with Crippen molar-refractivity contribution in [2.75, 3.05) is 19.9 Å². The van der Waals surface area contributed by atoms with E-state index >= 15 is 0 Å². The number of ether oxygens (including phenoxy) is 3. The number of rotatable bonds is 5. The summed E-state index contributed by atoms with van der Waals surface area (Å²) < 4.78 is 16.2. The monoisotopic (exact) mass is 265 g/mol. The highest BCUT2D eigenvalue weighted by molar-refractivity contribution is 5.46. The molecule has 3 rings (SSSR count). The predicted molar refractivity (Wildman–Crippen MR) is 69.7 cm³/mol. The lowest BCUT2D eigenvalue weighted by Crippen LogP contribution is -2.35. The summed E-state index contributed by atoms with van der Waals surface area (Å²) in [5.41, 5.74) is 0. The van der Waals surface area contributed by atoms with Crippen molar-refractivity contribution in [2.24, 2.45) is 0 Å². The maximum absolute atomic E-state index is 9.99. The third kappa shape index (κ3) is 2.93. The molecule has 5 heteroatoms. The van der Waals surface area contributed by atoms with Crippen LogP contribution < -0.4 is 19.5 Å². The number of benzene rings is 1. The first-order chi connectivity index (χ1) is 9.33. The van der Waals surface area contributed by atoms with Gasteiger partial charge in [0.2, 0.25) is 6.79 Å². The number of nitrogens with one attached hydrogen (secondary N) is 1. The summed E-state index contributed by atoms with van der Waals surface area (Å²) >= 11 is 0. The standard InChI is InChI=1S/C14H19NO4/c16-12(11-2-1-6-15-11)5-7-17-10-3-4-13-14(8-10)19-9-18-13/h3-4,8,11-12,15-16H,1-2,5-7,9H2. The molecule has 1 fully saturated rings. The molecular formula is C14H19NO4. The van der Waals surface area contributed by atoms with Crippen molar-refractivity contribution in [3.05, 3.63) is 18.2 Å². The van der Waals surface area contributed by atoms with Gasteiger partial charge in [-0.25, -0.2) is 0 Å². The molecule has 0 saturated carbocycles. The van der Waals surface area contributed by atoms with Crippen LogP contribution in [0.4, 0.5) is 0 Å². The average molecular weight is 265 g/mol. The first-order valence-corrected chi connectivity index (χ1v) is 6.77. The molecule has 2 atom stereocenters. The van der Waals surface area contributed by atoms with Crippen molar-refractivity contribution in [3.8, 4) is 17.2 Å². The molecule has 0 aliphatic carbocycles. The van der Waals surface area contributed by atoms with Gasteiger partial charge in [0.15, 0.2) is 11.5 Å². The smallest absolute Gasteiger partial charge is 0.231 e. The van der Waals surface area contributed by atoms with Gasteiger partial charge in [-0.15, -0.1) is 0 Å². The van der Waals surface area contributed by atoms with Crippen LogP contribution in [0.5, 0.6) is 17.2 Å². The van der Waals surface area contributed by atoms with E-state index in [0.717, 1.165) is 36.6 Å². The molecule has 2 N–H and O–H groups in total. The third-order valence-corrected chi connectivity index (χ3v) is 3.59. The summed E-state index contributed by atoms with van der Waals surface area (Å²) in [7, 11) is 0. The highest BCUT2D eigenvalue weighted by Gasteiger charge is 2.22. The van der Waals surface area contributed by atoms with Gasteiger partial charge in [0, 0.05) is 18.5 Å². The highest BCUT2D eigenvalue weighted by atomic mass is 16.7. The zero-order valence-electron chi connectivity index (χ0n) is 10.8. The molecule has 0 amide bonds. The molecule has 2 unspecified atom stereocenters. The van der Waals surface area contributed by atoms with Crippen molar-refractivity contribution in [1.82, 2.24) is 5.32 Å². The van der Waals surface area contributed by atoms with Crippen LogP contribution in [0.25, 0.3) is 0 Å². The molecule has 2 aliphatic heterocycles. The van der Waals surface area contributed by atoms with Gasteiger partial charge in [-0.2, -0.15) is 0 Å². The van der Waals surface area contributed by atoms with Crippen LogP contribution in [0.2, 0.25) is 0 Å². The van der Waals surface area contributed by atoms with Crippen LogP contribution in [-0.4, -0.2) is 37.2 Å². The van der Waals surface area contributed by atoms with Crippen molar-refractivity contribution in [1.29, 1.82) is 0 Å². The minimum absolute atomic E-state index is 0.223. The summed E-state index contributed by atoms with van der Waals surface area (Å²) in [5.74, 6) is 2.22. The van der Waals surface area contributed by atoms with E-state index < -0.39 is 0 Å². The van der Waals surface area contributed by atoms with E-state index in [1.807, 2.05) is 18.2 Å². The van der Waals surface area contributed by atoms with Crippen molar-refractivity contribution < 1.29 is 19.3 Å². The van der Waals surface area contributed by atoms with E-state index in [1.54, 1.807) is 0 Å². The van der Waals surface area contributed by atoms with Gasteiger partial charge in [0.05, 0.1) is 12.7 Å². The summed E-state index contributed by atoms with van der Waals surface area (Å²) in [6, 6.07) is 5.74. The SMILES string of the molecule is OC(CCOc1ccc2c(c1)OCO2)C1CCCN1. The third-order valence-electron chi connectivity index (χ3n) is 3.59. The Balaban J connectivity index is 1.47. The largest absolute Gasteiger partial charge is 0.493 e. The van der Waals surface area contributed by atoms with Gasteiger partial charge < -0.3 is 24.6 Å². The Morgan fingerprint density at radius 1 is 1.37 bits per heavy atom. The number of aliphatic hydroxyl groups is 1. The van der Waals surface area contributed by atoms with Crippen LogP contribution >= 0.6 is 0 Å². The fraction of sp³-hybridized carbons (Fsp3) is 0.571. The maximum atomic E-state index is 9.99. The molecule has 1 aromatic carbocycles. The van der Waals surface area contributed by atoms with Gasteiger partial charge in [-0.05, 0) is 31.5 Å². The number of aliphatic hydroxyl groups excluding tert-OH is 1. The average Bonchev–Trinajstić information content (AvgIpc) is 3.09. The quantitative estimate of drug-likeness (QED) is 0.840. The first kappa shape index (κ1) is 12.6. The maximum Gasteiger partial charge on any atom is 0.231 e. The van der Waals surface area contributed by atoms with Crippen LogP contribution in [0.3, 0.4) is 0 Å². The molecule has 1 saturated heterocycles. The number of hydrogen-bond donors (Lipinski definition) is 2. The lowest BCUT2D eigenvalue weighted by molar-refractivity contribution is 0.107. The first-order valence-electron chi connectivity index (χ1n) is 6.77. The highest BCUT2D eigenvalue weighted by Crippen LogP contribution is 2.35. The second-order valence-electron chi connectivity index (χ2n) is 4.92. The zero-order chi connectivity index (χ0) is 13.1. The Morgan fingerprint density at radius 3 is 3.11 bits per heavy atom. The molecule has 0 spiro atoms. The van der Waals surface area contributed by atoms with E-state index in [0.29, 0.717) is 13.0 Å². The molecular weight excluding hydrogens is 246 g/mol. The van der Waals surface area contributed by atoms with E-state index in [9.17, 15) is 5.11 Å². The molecule has 2 aliphatic rings. The van der Waals surface area contributed by atoms with Crippen LogP contribution in [0.15, 0.2) is 18.2 Å². The summed E-state index contributed by atoms with van der Waals surface area (Å²) in [6.45, 7) is 1.77. The Morgan fingerprint density at radius 2 is 2.26 bits per heavy atom. The normalized spacial score (nSPS) is 22.5. The number of fused-ring (bicyclic) bond motifs is 1. The zero-order valence-corrected chi connectivity index (χ0v) is 10.8. The molecule has 104 valence electrons. The van der Waals surface area contributed by atoms with Crippen molar-refractivity contribution in [3.63, 3.8) is 0 Å². The van der Waals surface area contributed by atoms with E-state index in [4.69, 9.17) is 14.2 Å². The lowest BCUT2D eigenvalue weighted by Gasteiger charge is -2.18. The minimum Gasteiger partial charge on any atom is -0.493 e. The molecule has 0 aromatic heterocycles. The van der Waals surface area contributed by atoms with Crippen molar-refractivity contribution >= 4 is 0 Å². The van der Waals surface area contributed by atoms with Crippen LogP contribution in [0, 0.1) is 0 Å². The molecule has 5 nitrogen and oxygen atoms in total. The van der Waals surface area contributed by atoms with Gasteiger partial charge in [-0.1, -0.05) is 0 Å². The van der Waals surface area contributed by atoms with E-state index in [-0.39, 0.29) is 18.9 Å². The van der Waals surface area contributed by atoms with Crippen LogP contribution in [0.1, 0.15) is 19.3 Å². The molecule has 0 bridgehead atoms. The molecule has 0 radical (unpaired) electrons. The van der Waals surface area contributed by atoms with Gasteiger partial charge >= 0.3 is 0 Å². The molecule has 1 aromatic rings. The van der Waals surface area contributed by atoms with E-state index in [2.05, 4.69) is 5.32 Å². The van der Waals surface area contributed by atoms with Crippen molar-refractivity contribution in [2.45, 2.75) is 31.4 Å². The fourth-order valence-electron chi connectivity index (χ4n) is 2.51. The number of hydrogen-bond acceptors (Lipinski definition) is 5. The van der Waals surface area contributed by atoms with Gasteiger partial charge in [0.25, 0.3) is 0 Å². The van der Waals surface area contributed by atoms with Crippen LogP contribution in [-0.2, 0) is 0 Å². The summed E-state index contributed by atoms with van der Waals surface area (Å²) in [4.78, 5) is 0. The Hall–Kier alpha value is -1.46. The Kier molecular flexibility index (Phi) is 3.75. The topological polar surface area (TPSA) is 60.0 Å². The molecule has 19 heavy (non-hydrogen) atoms. The second-order valence-corrected chi connectivity index (χ2v) is 4.92. The second kappa shape index (κ2) is 5.67. The van der Waals surface area contributed by atoms with Gasteiger partial charge in [0.1, 0.15) is 5.75 Å². The lowest BCUT2D eigenvalue weighted by atomic mass is 10.1. The predicted octanol–water partition coefficient (Wildman–Crippen LogP) is 1.30. The fourth-order valence-corrected chi connectivity index (χ4v) is 2.51. The Bertz CT molecular complexity index is 431. The summed E-state index contributed by atoms with van der Waals surface area (Å²) in [5, 5.41) is 13.3. The minimum atomic E-state index is -0.337. The Labute approximate surface area is 112 Å². The molecule has 2 heterocycles.